The predicted molar refractivity (Wildman–Crippen MR) is 133 cm³/mol. The number of aromatic nitrogens is 2. The third kappa shape index (κ3) is 4.08. The van der Waals surface area contributed by atoms with Crippen LogP contribution < -0.4 is 10.9 Å². The largest absolute Gasteiger partial charge is 0.324 e. The molecule has 32 heavy (non-hydrogen) atoms. The number of halogens is 1. The molecule has 0 radical (unpaired) electrons. The zero-order valence-corrected chi connectivity index (χ0v) is 20.0. The summed E-state index contributed by atoms with van der Waals surface area (Å²) >= 11 is 7.53. The summed E-state index contributed by atoms with van der Waals surface area (Å²) in [5, 5.41) is 5.97. The normalized spacial score (nSPS) is 12.2. The van der Waals surface area contributed by atoms with Crippen molar-refractivity contribution in [2.45, 2.75) is 40.2 Å². The number of hydrogen-bond acceptors (Lipinski definition) is 4. The zero-order valence-electron chi connectivity index (χ0n) is 18.4. The molecule has 0 aliphatic rings. The van der Waals surface area contributed by atoms with E-state index in [0.29, 0.717) is 27.3 Å². The Bertz CT molecular complexity index is 1390. The van der Waals surface area contributed by atoms with Gasteiger partial charge in [0.05, 0.1) is 11.7 Å². The molecule has 1 N–H and O–H groups in total. The van der Waals surface area contributed by atoms with Gasteiger partial charge in [-0.2, -0.15) is 0 Å². The van der Waals surface area contributed by atoms with E-state index in [1.54, 1.807) is 12.1 Å². The summed E-state index contributed by atoms with van der Waals surface area (Å²) in [4.78, 5) is 31.8. The molecule has 0 aliphatic heterocycles. The Hall–Kier alpha value is -2.96. The lowest BCUT2D eigenvalue weighted by Crippen LogP contribution is -2.33. The molecule has 5 nitrogen and oxygen atoms in total. The van der Waals surface area contributed by atoms with Crippen LogP contribution >= 0.6 is 22.9 Å². The van der Waals surface area contributed by atoms with Crippen LogP contribution in [0.25, 0.3) is 21.3 Å². The number of aryl methyl sites for hydroxylation is 3. The number of rotatable bonds is 5. The molecule has 0 saturated carbocycles. The first-order valence-electron chi connectivity index (χ1n) is 10.4. The van der Waals surface area contributed by atoms with Gasteiger partial charge in [0.2, 0.25) is 5.91 Å². The summed E-state index contributed by atoms with van der Waals surface area (Å²) in [6, 6.07) is 10.8. The van der Waals surface area contributed by atoms with Gasteiger partial charge in [-0.1, -0.05) is 42.8 Å². The number of nitrogens with zero attached hydrogens (tertiary/aromatic N) is 2. The number of nitrogens with one attached hydrogen (secondary N) is 1. The first kappa shape index (κ1) is 22.2. The number of fused-ring (bicyclic) bond motifs is 1. The second kappa shape index (κ2) is 8.88. The van der Waals surface area contributed by atoms with Crippen molar-refractivity contribution in [1.82, 2.24) is 9.55 Å². The van der Waals surface area contributed by atoms with Crippen LogP contribution in [0.3, 0.4) is 0 Å². The standard InChI is InChI=1S/C25H24ClN3O2S/c1-5-21(23(30)28-20-11-18(26)9-7-15(20)3)29-13-27-24-22(25(29)31)19(12-32-24)17-8-6-14(2)16(4)10-17/h6-13,21H,5H2,1-4H3,(H,28,30). The van der Waals surface area contributed by atoms with Gasteiger partial charge in [-0.15, -0.1) is 11.3 Å². The summed E-state index contributed by atoms with van der Waals surface area (Å²) < 4.78 is 1.44. The van der Waals surface area contributed by atoms with Gasteiger partial charge in [0.1, 0.15) is 10.9 Å². The van der Waals surface area contributed by atoms with Crippen molar-refractivity contribution in [3.05, 3.63) is 80.2 Å². The maximum Gasteiger partial charge on any atom is 0.263 e. The molecular formula is C25H24ClN3O2S. The summed E-state index contributed by atoms with van der Waals surface area (Å²) in [5.41, 5.74) is 5.50. The molecule has 0 spiro atoms. The number of benzene rings is 2. The summed E-state index contributed by atoms with van der Waals surface area (Å²) in [6.45, 7) is 7.89. The third-order valence-electron chi connectivity index (χ3n) is 5.82. The van der Waals surface area contributed by atoms with Gasteiger partial charge in [0.25, 0.3) is 5.56 Å². The predicted octanol–water partition coefficient (Wildman–Crippen LogP) is 6.29. The van der Waals surface area contributed by atoms with Gasteiger partial charge in [0, 0.05) is 21.7 Å². The fourth-order valence-electron chi connectivity index (χ4n) is 3.74. The summed E-state index contributed by atoms with van der Waals surface area (Å²) in [7, 11) is 0. The second-order valence-electron chi connectivity index (χ2n) is 7.96. The average molecular weight is 466 g/mol. The molecule has 2 aromatic carbocycles. The molecule has 1 amide bonds. The van der Waals surface area contributed by atoms with Crippen LogP contribution in [0, 0.1) is 20.8 Å². The Balaban J connectivity index is 1.77. The van der Waals surface area contributed by atoms with Crippen LogP contribution in [0.1, 0.15) is 36.1 Å². The van der Waals surface area contributed by atoms with Gasteiger partial charge >= 0.3 is 0 Å². The molecule has 0 aliphatic carbocycles. The minimum absolute atomic E-state index is 0.214. The van der Waals surface area contributed by atoms with Crippen molar-refractivity contribution < 1.29 is 4.79 Å². The SMILES string of the molecule is CCC(C(=O)Nc1cc(Cl)ccc1C)n1cnc2scc(-c3ccc(C)c(C)c3)c2c1=O. The molecule has 4 aromatic rings. The molecule has 1 unspecified atom stereocenters. The lowest BCUT2D eigenvalue weighted by Gasteiger charge is -2.18. The number of carbonyl (C=O) groups excluding carboxylic acids is 1. The monoisotopic (exact) mass is 465 g/mol. The Morgan fingerprint density at radius 1 is 1.12 bits per heavy atom. The Morgan fingerprint density at radius 3 is 2.59 bits per heavy atom. The number of anilines is 1. The Kier molecular flexibility index (Phi) is 6.17. The molecular weight excluding hydrogens is 442 g/mol. The summed E-state index contributed by atoms with van der Waals surface area (Å²) in [5.74, 6) is -0.274. The van der Waals surface area contributed by atoms with Gasteiger partial charge in [-0.3, -0.25) is 14.2 Å². The highest BCUT2D eigenvalue weighted by Gasteiger charge is 2.23. The first-order chi connectivity index (χ1) is 15.3. The lowest BCUT2D eigenvalue weighted by molar-refractivity contribution is -0.119. The molecule has 1 atom stereocenters. The van der Waals surface area contributed by atoms with Gasteiger partial charge in [-0.05, 0) is 61.6 Å². The van der Waals surface area contributed by atoms with E-state index in [2.05, 4.69) is 36.3 Å². The van der Waals surface area contributed by atoms with E-state index in [1.165, 1.54) is 27.8 Å². The van der Waals surface area contributed by atoms with Crippen molar-refractivity contribution in [3.63, 3.8) is 0 Å². The minimum atomic E-state index is -0.690. The van der Waals surface area contributed by atoms with Crippen LogP contribution in [-0.4, -0.2) is 15.5 Å². The molecule has 4 rings (SSSR count). The smallest absolute Gasteiger partial charge is 0.263 e. The van der Waals surface area contributed by atoms with Crippen LogP contribution in [0.15, 0.2) is 52.9 Å². The van der Waals surface area contributed by atoms with Crippen LogP contribution in [-0.2, 0) is 4.79 Å². The number of carbonyl (C=O) groups is 1. The van der Waals surface area contributed by atoms with Crippen molar-refractivity contribution in [2.24, 2.45) is 0 Å². The average Bonchev–Trinajstić information content (AvgIpc) is 3.20. The number of amides is 1. The van der Waals surface area contributed by atoms with E-state index >= 15 is 0 Å². The van der Waals surface area contributed by atoms with E-state index in [-0.39, 0.29) is 11.5 Å². The van der Waals surface area contributed by atoms with E-state index in [1.807, 2.05) is 31.4 Å². The van der Waals surface area contributed by atoms with Gasteiger partial charge in [0.15, 0.2) is 0 Å². The fraction of sp³-hybridized carbons (Fsp3) is 0.240. The van der Waals surface area contributed by atoms with Crippen LogP contribution in [0.5, 0.6) is 0 Å². The topological polar surface area (TPSA) is 64.0 Å². The van der Waals surface area contributed by atoms with E-state index in [4.69, 9.17) is 11.6 Å². The van der Waals surface area contributed by atoms with E-state index in [0.717, 1.165) is 22.3 Å². The highest BCUT2D eigenvalue weighted by Crippen LogP contribution is 2.32. The van der Waals surface area contributed by atoms with Crippen molar-refractivity contribution in [2.75, 3.05) is 5.32 Å². The molecule has 0 fully saturated rings. The van der Waals surface area contributed by atoms with E-state index < -0.39 is 6.04 Å². The number of thiophene rings is 1. The highest BCUT2D eigenvalue weighted by atomic mass is 35.5. The molecule has 7 heteroatoms. The van der Waals surface area contributed by atoms with Crippen molar-refractivity contribution in [3.8, 4) is 11.1 Å². The molecule has 164 valence electrons. The second-order valence-corrected chi connectivity index (χ2v) is 9.25. The maximum absolute atomic E-state index is 13.5. The Morgan fingerprint density at radius 2 is 1.88 bits per heavy atom. The van der Waals surface area contributed by atoms with Crippen LogP contribution in [0.2, 0.25) is 5.02 Å². The van der Waals surface area contributed by atoms with Crippen molar-refractivity contribution in [1.29, 1.82) is 0 Å². The highest BCUT2D eigenvalue weighted by molar-refractivity contribution is 7.17. The quantitative estimate of drug-likeness (QED) is 0.376. The van der Waals surface area contributed by atoms with Gasteiger partial charge in [-0.25, -0.2) is 4.98 Å². The first-order valence-corrected chi connectivity index (χ1v) is 11.7. The summed E-state index contributed by atoms with van der Waals surface area (Å²) in [6.07, 6.45) is 1.92. The molecule has 2 heterocycles. The zero-order chi connectivity index (χ0) is 23.0. The molecule has 0 bridgehead atoms. The fourth-order valence-corrected chi connectivity index (χ4v) is 4.82. The third-order valence-corrected chi connectivity index (χ3v) is 6.94. The molecule has 0 saturated heterocycles. The number of hydrogen-bond donors (Lipinski definition) is 1. The Labute approximate surface area is 195 Å². The lowest BCUT2D eigenvalue weighted by atomic mass is 10.0. The van der Waals surface area contributed by atoms with Crippen molar-refractivity contribution >= 4 is 44.7 Å². The van der Waals surface area contributed by atoms with Crippen LogP contribution in [0.4, 0.5) is 5.69 Å². The molecule has 2 aromatic heterocycles. The van der Waals surface area contributed by atoms with Gasteiger partial charge < -0.3 is 5.32 Å². The minimum Gasteiger partial charge on any atom is -0.324 e. The van der Waals surface area contributed by atoms with E-state index in [9.17, 15) is 9.59 Å². The maximum atomic E-state index is 13.5.